The van der Waals surface area contributed by atoms with Crippen molar-refractivity contribution in [2.45, 2.75) is 106 Å². The van der Waals surface area contributed by atoms with E-state index in [1.54, 1.807) is 12.1 Å². The van der Waals surface area contributed by atoms with E-state index < -0.39 is 15.3 Å². The van der Waals surface area contributed by atoms with Gasteiger partial charge in [0.2, 0.25) is 11.9 Å². The van der Waals surface area contributed by atoms with Crippen LogP contribution in [0.15, 0.2) is 29.3 Å². The quantitative estimate of drug-likeness (QED) is 0.511. The molecule has 214 valence electrons. The minimum atomic E-state index is -3.37. The lowest BCUT2D eigenvalue weighted by Crippen LogP contribution is -2.51. The fourth-order valence-electron chi connectivity index (χ4n) is 8.05. The third-order valence-corrected chi connectivity index (χ3v) is 13.1. The fraction of sp³-hybridized carbons (Fsp3) is 0.645. The summed E-state index contributed by atoms with van der Waals surface area (Å²) in [4.78, 5) is 27.9. The monoisotopic (exact) mass is 563 g/mol. The summed E-state index contributed by atoms with van der Waals surface area (Å²) >= 11 is 0. The number of anilines is 3. The normalized spacial score (nSPS) is 24.4. The molecule has 0 radical (unpaired) electrons. The van der Waals surface area contributed by atoms with E-state index in [0.29, 0.717) is 10.8 Å². The van der Waals surface area contributed by atoms with E-state index in [1.807, 2.05) is 24.1 Å². The summed E-state index contributed by atoms with van der Waals surface area (Å²) in [6.45, 7) is 7.36. The minimum Gasteiger partial charge on any atom is -0.324 e. The van der Waals surface area contributed by atoms with Gasteiger partial charge in [-0.2, -0.15) is 4.98 Å². The van der Waals surface area contributed by atoms with E-state index in [9.17, 15) is 13.2 Å². The maximum atomic E-state index is 13.6. The van der Waals surface area contributed by atoms with Crippen molar-refractivity contribution < 1.29 is 13.2 Å². The number of hydrogen-bond donors (Lipinski definition) is 1. The van der Waals surface area contributed by atoms with Crippen molar-refractivity contribution in [2.24, 2.45) is 5.41 Å². The fourth-order valence-corrected chi connectivity index (χ4v) is 10.2. The van der Waals surface area contributed by atoms with Crippen LogP contribution in [0.2, 0.25) is 0 Å². The van der Waals surface area contributed by atoms with Gasteiger partial charge in [-0.05, 0) is 107 Å². The molecule has 2 spiro atoms. The summed E-state index contributed by atoms with van der Waals surface area (Å²) in [5.41, 5.74) is 2.41. The van der Waals surface area contributed by atoms with Crippen molar-refractivity contribution >= 4 is 33.2 Å². The second-order valence-electron chi connectivity index (χ2n) is 13.1. The van der Waals surface area contributed by atoms with Crippen LogP contribution in [0.4, 0.5) is 17.5 Å². The molecule has 1 aromatic carbocycles. The Bertz CT molecular complexity index is 1430. The molecule has 4 fully saturated rings. The number of hydrogen-bond acceptors (Lipinski definition) is 7. The number of carbonyl (C=O) groups is 1. The summed E-state index contributed by atoms with van der Waals surface area (Å²) in [6.07, 6.45) is 12.8. The SMILES string of the molecule is CCN1CCC2(CC1)CC(S(=O)(=O)c1ccc(Nc3ncc4c(n3)N(C3CCCC3)C(=O)C43CCC3)c(C)c1)C2. The molecule has 7 rings (SSSR count). The highest BCUT2D eigenvalue weighted by Gasteiger charge is 2.57. The molecule has 8 nitrogen and oxygen atoms in total. The van der Waals surface area contributed by atoms with Crippen molar-refractivity contribution in [3.8, 4) is 0 Å². The molecule has 1 amide bonds. The number of likely N-dealkylation sites (tertiary alicyclic amines) is 1. The number of nitrogens with zero attached hydrogens (tertiary/aromatic N) is 4. The second kappa shape index (κ2) is 9.51. The molecule has 9 heteroatoms. The summed E-state index contributed by atoms with van der Waals surface area (Å²) in [6, 6.07) is 5.57. The maximum Gasteiger partial charge on any atom is 0.239 e. The third-order valence-electron chi connectivity index (χ3n) is 10.9. The number of piperidine rings is 1. The zero-order valence-electron chi connectivity index (χ0n) is 23.8. The van der Waals surface area contributed by atoms with Gasteiger partial charge in [0.1, 0.15) is 5.82 Å². The van der Waals surface area contributed by atoms with Gasteiger partial charge >= 0.3 is 0 Å². The van der Waals surface area contributed by atoms with Crippen LogP contribution < -0.4 is 10.2 Å². The van der Waals surface area contributed by atoms with Gasteiger partial charge in [0.25, 0.3) is 0 Å². The highest BCUT2D eigenvalue weighted by Crippen LogP contribution is 2.55. The molecule has 0 atom stereocenters. The van der Waals surface area contributed by atoms with E-state index in [2.05, 4.69) is 22.1 Å². The van der Waals surface area contributed by atoms with Crippen LogP contribution in [-0.2, 0) is 20.0 Å². The van der Waals surface area contributed by atoms with Crippen molar-refractivity contribution in [2.75, 3.05) is 29.9 Å². The first-order chi connectivity index (χ1) is 19.2. The molecule has 1 N–H and O–H groups in total. The van der Waals surface area contributed by atoms with Crippen LogP contribution in [0.5, 0.6) is 0 Å². The van der Waals surface area contributed by atoms with Gasteiger partial charge in [0, 0.05) is 23.5 Å². The van der Waals surface area contributed by atoms with Gasteiger partial charge in [0.05, 0.1) is 15.6 Å². The first-order valence-corrected chi connectivity index (χ1v) is 16.8. The standard InChI is InChI=1S/C31H41N5O3S/c1-3-35-15-13-30(14-16-35)18-24(19-30)40(38,39)23-9-10-26(21(2)17-23)33-29-32-20-25-27(34-29)36(22-7-4-5-8-22)28(37)31(25)11-6-12-31/h9-10,17,20,22,24H,3-8,11-16,18-19H2,1-2H3,(H,32,33,34). The van der Waals surface area contributed by atoms with Crippen LogP contribution in [0.25, 0.3) is 0 Å². The molecule has 40 heavy (non-hydrogen) atoms. The number of nitrogens with one attached hydrogen (secondary N) is 1. The van der Waals surface area contributed by atoms with Crippen LogP contribution in [-0.4, -0.2) is 60.1 Å². The number of sulfone groups is 1. The number of amides is 1. The molecular formula is C31H41N5O3S. The van der Waals surface area contributed by atoms with Crippen molar-refractivity contribution in [3.05, 3.63) is 35.5 Å². The Hall–Kier alpha value is -2.52. The number of rotatable bonds is 6. The van der Waals surface area contributed by atoms with Gasteiger partial charge < -0.3 is 10.2 Å². The Morgan fingerprint density at radius 3 is 2.40 bits per heavy atom. The smallest absolute Gasteiger partial charge is 0.239 e. The van der Waals surface area contributed by atoms with Crippen LogP contribution in [0, 0.1) is 12.3 Å². The van der Waals surface area contributed by atoms with Crippen molar-refractivity contribution in [3.63, 3.8) is 0 Å². The van der Waals surface area contributed by atoms with Crippen LogP contribution in [0.1, 0.15) is 88.7 Å². The molecule has 0 unspecified atom stereocenters. The van der Waals surface area contributed by atoms with Crippen LogP contribution in [0.3, 0.4) is 0 Å². The molecule has 3 saturated carbocycles. The zero-order chi connectivity index (χ0) is 27.7. The second-order valence-corrected chi connectivity index (χ2v) is 15.3. The molecule has 2 aromatic rings. The summed E-state index contributed by atoms with van der Waals surface area (Å²) < 4.78 is 27.0. The lowest BCUT2D eigenvalue weighted by atomic mass is 9.63. The summed E-state index contributed by atoms with van der Waals surface area (Å²) in [5, 5.41) is 3.04. The Morgan fingerprint density at radius 1 is 1.05 bits per heavy atom. The number of carbonyl (C=O) groups excluding carboxylic acids is 1. The molecule has 0 bridgehead atoms. The topological polar surface area (TPSA) is 95.5 Å². The lowest BCUT2D eigenvalue weighted by Gasteiger charge is -2.51. The average molecular weight is 564 g/mol. The first-order valence-electron chi connectivity index (χ1n) is 15.3. The number of benzene rings is 1. The molecule has 1 aromatic heterocycles. The number of aromatic nitrogens is 2. The first kappa shape index (κ1) is 26.4. The maximum absolute atomic E-state index is 13.6. The summed E-state index contributed by atoms with van der Waals surface area (Å²) in [7, 11) is -3.37. The average Bonchev–Trinajstić information content (AvgIpc) is 3.51. The molecule has 2 aliphatic heterocycles. The Kier molecular flexibility index (Phi) is 6.27. The van der Waals surface area contributed by atoms with Crippen molar-refractivity contribution in [1.82, 2.24) is 14.9 Å². The van der Waals surface area contributed by atoms with E-state index in [4.69, 9.17) is 4.98 Å². The zero-order valence-corrected chi connectivity index (χ0v) is 24.6. The van der Waals surface area contributed by atoms with Gasteiger partial charge in [-0.1, -0.05) is 26.2 Å². The van der Waals surface area contributed by atoms with Gasteiger partial charge in [-0.3, -0.25) is 9.69 Å². The van der Waals surface area contributed by atoms with Gasteiger partial charge in [-0.25, -0.2) is 13.4 Å². The van der Waals surface area contributed by atoms with Crippen LogP contribution >= 0.6 is 0 Å². The predicted molar refractivity (Wildman–Crippen MR) is 156 cm³/mol. The van der Waals surface area contributed by atoms with E-state index in [1.165, 1.54) is 0 Å². The lowest BCUT2D eigenvalue weighted by molar-refractivity contribution is -0.126. The molecular weight excluding hydrogens is 522 g/mol. The highest BCUT2D eigenvalue weighted by atomic mass is 32.2. The molecule has 1 saturated heterocycles. The largest absolute Gasteiger partial charge is 0.324 e. The molecule has 5 aliphatic rings. The molecule has 3 heterocycles. The predicted octanol–water partition coefficient (Wildman–Crippen LogP) is 5.28. The number of fused-ring (bicyclic) bond motifs is 2. The number of aryl methyl sites for hydroxylation is 1. The van der Waals surface area contributed by atoms with E-state index >= 15 is 0 Å². The van der Waals surface area contributed by atoms with E-state index in [0.717, 1.165) is 113 Å². The van der Waals surface area contributed by atoms with Crippen molar-refractivity contribution in [1.29, 1.82) is 0 Å². The Balaban J connectivity index is 1.09. The summed E-state index contributed by atoms with van der Waals surface area (Å²) in [5.74, 6) is 1.44. The van der Waals surface area contributed by atoms with Gasteiger partial charge in [0.15, 0.2) is 9.84 Å². The minimum absolute atomic E-state index is 0.214. The Labute approximate surface area is 237 Å². The van der Waals surface area contributed by atoms with Gasteiger partial charge in [-0.15, -0.1) is 0 Å². The highest BCUT2D eigenvalue weighted by molar-refractivity contribution is 7.92. The van der Waals surface area contributed by atoms with E-state index in [-0.39, 0.29) is 22.6 Å². The molecule has 3 aliphatic carbocycles. The third kappa shape index (κ3) is 4.02. The Morgan fingerprint density at radius 2 is 1.77 bits per heavy atom.